The number of rotatable bonds is 3. The average molecular weight is 460 g/mol. The molecule has 3 rings (SSSR count). The van der Waals surface area contributed by atoms with E-state index in [1.54, 1.807) is 19.2 Å². The third kappa shape index (κ3) is 3.34. The van der Waals surface area contributed by atoms with Gasteiger partial charge in [0.15, 0.2) is 5.96 Å². The van der Waals surface area contributed by atoms with Crippen molar-refractivity contribution >= 4 is 45.4 Å². The van der Waals surface area contributed by atoms with Gasteiger partial charge in [-0.05, 0) is 53.3 Å². The first-order valence-electron chi connectivity index (χ1n) is 7.79. The van der Waals surface area contributed by atoms with Gasteiger partial charge in [-0.15, -0.1) is 0 Å². The Balaban J connectivity index is 2.41. The molecule has 0 fully saturated rings. The monoisotopic (exact) mass is 460 g/mol. The number of ether oxygens (including phenoxy) is 1. The first-order valence-corrected chi connectivity index (χ1v) is 8.87. The smallest absolute Gasteiger partial charge is 0.281 e. The standard InChI is InChI=1S/C19H17IN4O2/c1-10-5-3-4-6-11(10)14-9-12(18(25)24-19(21)22)16-15(26-2)8-7-13(20)17(16)23-14/h3-9H,1-2H3,(H4,21,22,24,25). The Morgan fingerprint density at radius 2 is 1.92 bits per heavy atom. The zero-order chi connectivity index (χ0) is 18.8. The predicted octanol–water partition coefficient (Wildman–Crippen LogP) is 3.24. The highest BCUT2D eigenvalue weighted by atomic mass is 127. The molecule has 1 heterocycles. The number of halogens is 1. The van der Waals surface area contributed by atoms with E-state index in [9.17, 15) is 4.79 Å². The summed E-state index contributed by atoms with van der Waals surface area (Å²) in [6.45, 7) is 2.00. The SMILES string of the molecule is COc1ccc(I)c2nc(-c3ccccc3C)cc(C(=O)N=C(N)N)c12. The molecule has 2 aromatic carbocycles. The highest BCUT2D eigenvalue weighted by molar-refractivity contribution is 14.1. The normalized spacial score (nSPS) is 10.6. The summed E-state index contributed by atoms with van der Waals surface area (Å²) in [5.74, 6) is -0.284. The first kappa shape index (κ1) is 18.1. The zero-order valence-corrected chi connectivity index (χ0v) is 16.4. The van der Waals surface area contributed by atoms with E-state index < -0.39 is 5.91 Å². The second-order valence-electron chi connectivity index (χ2n) is 5.69. The van der Waals surface area contributed by atoms with E-state index in [0.717, 1.165) is 14.7 Å². The van der Waals surface area contributed by atoms with E-state index >= 15 is 0 Å². The number of benzene rings is 2. The lowest BCUT2D eigenvalue weighted by Gasteiger charge is -2.13. The number of amides is 1. The minimum atomic E-state index is -0.535. The Kier molecular flexibility index (Phi) is 5.08. The molecular weight excluding hydrogens is 443 g/mol. The molecule has 0 radical (unpaired) electrons. The van der Waals surface area contributed by atoms with Gasteiger partial charge in [0.05, 0.1) is 29.3 Å². The number of carbonyl (C=O) groups is 1. The van der Waals surface area contributed by atoms with Gasteiger partial charge in [-0.2, -0.15) is 4.99 Å². The fourth-order valence-electron chi connectivity index (χ4n) is 2.79. The lowest BCUT2D eigenvalue weighted by molar-refractivity contribution is 0.100. The third-order valence-corrected chi connectivity index (χ3v) is 4.85. The molecule has 1 amide bonds. The summed E-state index contributed by atoms with van der Waals surface area (Å²) in [5, 5.41) is 0.590. The third-order valence-electron chi connectivity index (χ3n) is 3.98. The van der Waals surface area contributed by atoms with Crippen LogP contribution in [0.5, 0.6) is 5.75 Å². The zero-order valence-electron chi connectivity index (χ0n) is 14.3. The molecule has 0 unspecified atom stereocenters. The van der Waals surface area contributed by atoms with Crippen LogP contribution in [0.1, 0.15) is 15.9 Å². The van der Waals surface area contributed by atoms with Crippen molar-refractivity contribution in [3.8, 4) is 17.0 Å². The van der Waals surface area contributed by atoms with Gasteiger partial charge in [-0.25, -0.2) is 4.98 Å². The summed E-state index contributed by atoms with van der Waals surface area (Å²) >= 11 is 2.19. The van der Waals surface area contributed by atoms with Crippen molar-refractivity contribution in [2.45, 2.75) is 6.92 Å². The number of hydrogen-bond acceptors (Lipinski definition) is 3. The fraction of sp³-hybridized carbons (Fsp3) is 0.105. The molecule has 26 heavy (non-hydrogen) atoms. The van der Waals surface area contributed by atoms with Crippen molar-refractivity contribution in [3.05, 3.63) is 57.2 Å². The minimum Gasteiger partial charge on any atom is -0.496 e. The molecule has 0 aliphatic carbocycles. The molecule has 0 saturated carbocycles. The predicted molar refractivity (Wildman–Crippen MR) is 111 cm³/mol. The van der Waals surface area contributed by atoms with E-state index in [4.69, 9.17) is 21.2 Å². The van der Waals surface area contributed by atoms with Gasteiger partial charge >= 0.3 is 0 Å². The Bertz CT molecular complexity index is 1040. The van der Waals surface area contributed by atoms with Gasteiger partial charge in [0.1, 0.15) is 5.75 Å². The summed E-state index contributed by atoms with van der Waals surface area (Å²) in [7, 11) is 1.55. The van der Waals surface area contributed by atoms with Gasteiger partial charge < -0.3 is 16.2 Å². The summed E-state index contributed by atoms with van der Waals surface area (Å²) in [5.41, 5.74) is 14.5. The summed E-state index contributed by atoms with van der Waals surface area (Å²) in [6.07, 6.45) is 0. The molecule has 0 saturated heterocycles. The number of methoxy groups -OCH3 is 1. The van der Waals surface area contributed by atoms with Crippen LogP contribution in [0.25, 0.3) is 22.2 Å². The molecular formula is C19H17IN4O2. The van der Waals surface area contributed by atoms with Crippen LogP contribution >= 0.6 is 22.6 Å². The Labute approximate surface area is 164 Å². The number of aliphatic imine (C=N–C) groups is 1. The van der Waals surface area contributed by atoms with E-state index in [0.29, 0.717) is 27.9 Å². The van der Waals surface area contributed by atoms with Crippen molar-refractivity contribution in [3.63, 3.8) is 0 Å². The van der Waals surface area contributed by atoms with Gasteiger partial charge in [-0.3, -0.25) is 4.79 Å². The van der Waals surface area contributed by atoms with Crippen LogP contribution < -0.4 is 16.2 Å². The fourth-order valence-corrected chi connectivity index (χ4v) is 3.36. The van der Waals surface area contributed by atoms with Crippen LogP contribution in [0.15, 0.2) is 47.5 Å². The molecule has 132 valence electrons. The molecule has 6 nitrogen and oxygen atoms in total. The molecule has 0 spiro atoms. The lowest BCUT2D eigenvalue weighted by atomic mass is 10.0. The number of aryl methyl sites for hydroxylation is 1. The van der Waals surface area contributed by atoms with Gasteiger partial charge in [0, 0.05) is 9.13 Å². The van der Waals surface area contributed by atoms with Crippen molar-refractivity contribution in [1.29, 1.82) is 0 Å². The Morgan fingerprint density at radius 3 is 2.58 bits per heavy atom. The van der Waals surface area contributed by atoms with Crippen LogP contribution in [0.3, 0.4) is 0 Å². The van der Waals surface area contributed by atoms with Gasteiger partial charge in [0.25, 0.3) is 5.91 Å². The Morgan fingerprint density at radius 1 is 1.19 bits per heavy atom. The quantitative estimate of drug-likeness (QED) is 0.355. The van der Waals surface area contributed by atoms with E-state index in [-0.39, 0.29) is 5.96 Å². The van der Waals surface area contributed by atoms with Crippen molar-refractivity contribution in [2.24, 2.45) is 16.5 Å². The number of guanidine groups is 1. The number of nitrogens with zero attached hydrogens (tertiary/aromatic N) is 2. The maximum absolute atomic E-state index is 12.7. The van der Waals surface area contributed by atoms with E-state index in [1.807, 2.05) is 37.3 Å². The topological polar surface area (TPSA) is 104 Å². The summed E-state index contributed by atoms with van der Waals surface area (Å²) < 4.78 is 6.34. The van der Waals surface area contributed by atoms with Gasteiger partial charge in [0.2, 0.25) is 0 Å². The summed E-state index contributed by atoms with van der Waals surface area (Å²) in [6, 6.07) is 13.2. The highest BCUT2D eigenvalue weighted by Crippen LogP contribution is 2.35. The number of hydrogen-bond donors (Lipinski definition) is 2. The number of carbonyl (C=O) groups excluding carboxylic acids is 1. The van der Waals surface area contributed by atoms with Crippen LogP contribution in [0, 0.1) is 10.5 Å². The van der Waals surface area contributed by atoms with Crippen molar-refractivity contribution in [2.75, 3.05) is 7.11 Å². The summed E-state index contributed by atoms with van der Waals surface area (Å²) in [4.78, 5) is 21.2. The van der Waals surface area contributed by atoms with Crippen LogP contribution in [0.4, 0.5) is 0 Å². The Hall–Kier alpha value is -2.68. The maximum Gasteiger partial charge on any atom is 0.281 e. The number of nitrogens with two attached hydrogens (primary N) is 2. The molecule has 0 aliphatic rings. The van der Waals surface area contributed by atoms with Gasteiger partial charge in [-0.1, -0.05) is 24.3 Å². The molecule has 1 aromatic heterocycles. The van der Waals surface area contributed by atoms with E-state index in [2.05, 4.69) is 27.6 Å². The van der Waals surface area contributed by atoms with Crippen molar-refractivity contribution in [1.82, 2.24) is 4.98 Å². The molecule has 3 aromatic rings. The largest absolute Gasteiger partial charge is 0.496 e. The minimum absolute atomic E-state index is 0.290. The number of fused-ring (bicyclic) bond motifs is 1. The number of aromatic nitrogens is 1. The second-order valence-corrected chi connectivity index (χ2v) is 6.85. The molecule has 0 bridgehead atoms. The number of pyridine rings is 1. The average Bonchev–Trinajstić information content (AvgIpc) is 2.61. The lowest BCUT2D eigenvalue weighted by Crippen LogP contribution is -2.24. The highest BCUT2D eigenvalue weighted by Gasteiger charge is 2.19. The van der Waals surface area contributed by atoms with E-state index in [1.165, 1.54) is 0 Å². The molecule has 0 aliphatic heterocycles. The van der Waals surface area contributed by atoms with Crippen LogP contribution in [-0.4, -0.2) is 24.0 Å². The maximum atomic E-state index is 12.7. The van der Waals surface area contributed by atoms with Crippen molar-refractivity contribution < 1.29 is 9.53 Å². The van der Waals surface area contributed by atoms with Crippen LogP contribution in [-0.2, 0) is 0 Å². The molecule has 0 atom stereocenters. The van der Waals surface area contributed by atoms with Crippen LogP contribution in [0.2, 0.25) is 0 Å². The second kappa shape index (κ2) is 7.28. The molecule has 4 N–H and O–H groups in total. The first-order chi connectivity index (χ1) is 12.4. The molecule has 7 heteroatoms.